The third-order valence-electron chi connectivity index (χ3n) is 5.73. The molecule has 2 aromatic carbocycles. The van der Waals surface area contributed by atoms with E-state index in [4.69, 9.17) is 15.5 Å². The van der Waals surface area contributed by atoms with Crippen molar-refractivity contribution in [3.05, 3.63) is 60.2 Å². The van der Waals surface area contributed by atoms with E-state index in [0.717, 1.165) is 42.7 Å². The molecule has 1 amide bonds. The maximum atomic E-state index is 13.2. The SMILES string of the molecule is CN1C(=O)C(c2ccc(Oc3ccccc3)cc2)(C2CCCCC2)N=C1N. The molecule has 1 atom stereocenters. The predicted molar refractivity (Wildman–Crippen MR) is 106 cm³/mol. The van der Waals surface area contributed by atoms with Crippen molar-refractivity contribution in [1.29, 1.82) is 0 Å². The van der Waals surface area contributed by atoms with Crippen LogP contribution in [0, 0.1) is 5.92 Å². The third kappa shape index (κ3) is 3.07. The minimum atomic E-state index is -0.898. The molecule has 1 aliphatic heterocycles. The van der Waals surface area contributed by atoms with Crippen LogP contribution in [0.5, 0.6) is 11.5 Å². The highest BCUT2D eigenvalue weighted by Gasteiger charge is 2.53. The van der Waals surface area contributed by atoms with Gasteiger partial charge in [0, 0.05) is 7.05 Å². The molecule has 0 radical (unpaired) electrons. The number of nitrogens with two attached hydrogens (primary N) is 1. The normalized spacial score (nSPS) is 23.4. The van der Waals surface area contributed by atoms with E-state index in [1.54, 1.807) is 7.05 Å². The highest BCUT2D eigenvalue weighted by molar-refractivity contribution is 6.07. The van der Waals surface area contributed by atoms with Crippen molar-refractivity contribution in [1.82, 2.24) is 4.90 Å². The Morgan fingerprint density at radius 3 is 2.22 bits per heavy atom. The Hall–Kier alpha value is -2.82. The molecule has 2 N–H and O–H groups in total. The number of hydrogen-bond donors (Lipinski definition) is 1. The molecule has 140 valence electrons. The third-order valence-corrected chi connectivity index (χ3v) is 5.73. The summed E-state index contributed by atoms with van der Waals surface area (Å²) in [6.45, 7) is 0. The van der Waals surface area contributed by atoms with Crippen molar-refractivity contribution in [3.63, 3.8) is 0 Å². The number of rotatable bonds is 4. The number of aliphatic imine (C=N–C) groups is 1. The molecular weight excluding hydrogens is 338 g/mol. The number of likely N-dealkylation sites (N-methyl/N-ethyl adjacent to an activating group) is 1. The standard InChI is InChI=1S/C22H25N3O2/c1-25-20(26)22(24-21(25)23,16-8-4-2-5-9-16)17-12-14-19(15-13-17)27-18-10-6-3-7-11-18/h3,6-7,10-16H,2,4-5,8-9H2,1H3,(H2,23,24). The van der Waals surface area contributed by atoms with Crippen LogP contribution in [0.25, 0.3) is 0 Å². The van der Waals surface area contributed by atoms with E-state index >= 15 is 0 Å². The smallest absolute Gasteiger partial charge is 0.261 e. The van der Waals surface area contributed by atoms with E-state index in [9.17, 15) is 4.79 Å². The lowest BCUT2D eigenvalue weighted by Crippen LogP contribution is -2.45. The average molecular weight is 363 g/mol. The number of benzene rings is 2. The van der Waals surface area contributed by atoms with Gasteiger partial charge in [0.2, 0.25) is 0 Å². The van der Waals surface area contributed by atoms with Crippen molar-refractivity contribution in [2.45, 2.75) is 37.6 Å². The summed E-state index contributed by atoms with van der Waals surface area (Å²) in [6, 6.07) is 17.4. The summed E-state index contributed by atoms with van der Waals surface area (Å²) in [6.07, 6.45) is 5.49. The van der Waals surface area contributed by atoms with Crippen molar-refractivity contribution >= 4 is 11.9 Å². The van der Waals surface area contributed by atoms with Crippen LogP contribution >= 0.6 is 0 Å². The molecule has 2 aromatic rings. The van der Waals surface area contributed by atoms with Crippen LogP contribution in [0.2, 0.25) is 0 Å². The van der Waals surface area contributed by atoms with Crippen LogP contribution in [0.1, 0.15) is 37.7 Å². The van der Waals surface area contributed by atoms with E-state index in [1.165, 1.54) is 11.3 Å². The molecule has 1 aliphatic carbocycles. The van der Waals surface area contributed by atoms with Gasteiger partial charge >= 0.3 is 0 Å². The molecule has 0 aromatic heterocycles. The molecule has 27 heavy (non-hydrogen) atoms. The van der Waals surface area contributed by atoms with Crippen LogP contribution in [-0.2, 0) is 10.3 Å². The zero-order valence-corrected chi connectivity index (χ0v) is 15.6. The molecule has 0 saturated heterocycles. The molecule has 5 heteroatoms. The largest absolute Gasteiger partial charge is 0.457 e. The number of ether oxygens (including phenoxy) is 1. The highest BCUT2D eigenvalue weighted by Crippen LogP contribution is 2.46. The van der Waals surface area contributed by atoms with Gasteiger partial charge in [0.05, 0.1) is 0 Å². The summed E-state index contributed by atoms with van der Waals surface area (Å²) in [7, 11) is 1.71. The van der Waals surface area contributed by atoms with Crippen molar-refractivity contribution in [3.8, 4) is 11.5 Å². The maximum Gasteiger partial charge on any atom is 0.261 e. The topological polar surface area (TPSA) is 67.9 Å². The van der Waals surface area contributed by atoms with Crippen LogP contribution < -0.4 is 10.5 Å². The number of guanidine groups is 1. The number of hydrogen-bond acceptors (Lipinski definition) is 4. The molecule has 1 unspecified atom stereocenters. The molecular formula is C22H25N3O2. The summed E-state index contributed by atoms with van der Waals surface area (Å²) >= 11 is 0. The fraction of sp³-hybridized carbons (Fsp3) is 0.364. The number of carbonyl (C=O) groups is 1. The van der Waals surface area contributed by atoms with Crippen molar-refractivity contribution < 1.29 is 9.53 Å². The fourth-order valence-corrected chi connectivity index (χ4v) is 4.27. The molecule has 1 heterocycles. The van der Waals surface area contributed by atoms with E-state index in [-0.39, 0.29) is 11.8 Å². The molecule has 2 aliphatic rings. The van der Waals surface area contributed by atoms with E-state index in [1.807, 2.05) is 54.6 Å². The van der Waals surface area contributed by atoms with Crippen LogP contribution in [0.3, 0.4) is 0 Å². The summed E-state index contributed by atoms with van der Waals surface area (Å²) in [4.78, 5) is 19.4. The lowest BCUT2D eigenvalue weighted by molar-refractivity contribution is -0.133. The second kappa shape index (κ2) is 7.06. The quantitative estimate of drug-likeness (QED) is 0.891. The van der Waals surface area contributed by atoms with Gasteiger partial charge in [0.15, 0.2) is 11.5 Å². The first-order valence-electron chi connectivity index (χ1n) is 9.58. The van der Waals surface area contributed by atoms with Crippen LogP contribution in [0.4, 0.5) is 0 Å². The molecule has 1 saturated carbocycles. The van der Waals surface area contributed by atoms with Gasteiger partial charge in [0.1, 0.15) is 11.5 Å². The van der Waals surface area contributed by atoms with E-state index in [2.05, 4.69) is 0 Å². The summed E-state index contributed by atoms with van der Waals surface area (Å²) in [5.41, 5.74) is 6.05. The summed E-state index contributed by atoms with van der Waals surface area (Å²) < 4.78 is 5.89. The lowest BCUT2D eigenvalue weighted by Gasteiger charge is -2.36. The first-order valence-corrected chi connectivity index (χ1v) is 9.58. The van der Waals surface area contributed by atoms with Gasteiger partial charge < -0.3 is 10.5 Å². The van der Waals surface area contributed by atoms with Gasteiger partial charge in [-0.25, -0.2) is 4.99 Å². The van der Waals surface area contributed by atoms with Crippen LogP contribution in [-0.4, -0.2) is 23.8 Å². The summed E-state index contributed by atoms with van der Waals surface area (Å²) in [5.74, 6) is 1.98. The van der Waals surface area contributed by atoms with Gasteiger partial charge in [0.25, 0.3) is 5.91 Å². The number of carbonyl (C=O) groups excluding carboxylic acids is 1. The predicted octanol–water partition coefficient (Wildman–Crippen LogP) is 4.04. The molecule has 5 nitrogen and oxygen atoms in total. The second-order valence-corrected chi connectivity index (χ2v) is 7.37. The van der Waals surface area contributed by atoms with Crippen LogP contribution in [0.15, 0.2) is 59.6 Å². The Labute approximate surface area is 159 Å². The monoisotopic (exact) mass is 363 g/mol. The maximum absolute atomic E-state index is 13.2. The zero-order valence-electron chi connectivity index (χ0n) is 15.6. The number of amides is 1. The summed E-state index contributed by atoms with van der Waals surface area (Å²) in [5, 5.41) is 0. The number of nitrogens with zero attached hydrogens (tertiary/aromatic N) is 2. The minimum absolute atomic E-state index is 0.0244. The minimum Gasteiger partial charge on any atom is -0.457 e. The number of para-hydroxylation sites is 1. The average Bonchev–Trinajstić information content (AvgIpc) is 2.95. The fourth-order valence-electron chi connectivity index (χ4n) is 4.27. The second-order valence-electron chi connectivity index (χ2n) is 7.37. The molecule has 1 fully saturated rings. The zero-order chi connectivity index (χ0) is 18.9. The van der Waals surface area contributed by atoms with Gasteiger partial charge in [-0.15, -0.1) is 0 Å². The first kappa shape index (κ1) is 17.6. The first-order chi connectivity index (χ1) is 13.1. The van der Waals surface area contributed by atoms with Gasteiger partial charge in [-0.1, -0.05) is 49.6 Å². The Morgan fingerprint density at radius 1 is 1.00 bits per heavy atom. The molecule has 0 spiro atoms. The van der Waals surface area contributed by atoms with E-state index in [0.29, 0.717) is 5.96 Å². The lowest BCUT2D eigenvalue weighted by atomic mass is 9.71. The van der Waals surface area contributed by atoms with Crippen molar-refractivity contribution in [2.75, 3.05) is 7.05 Å². The van der Waals surface area contributed by atoms with Crippen molar-refractivity contribution in [2.24, 2.45) is 16.6 Å². The van der Waals surface area contributed by atoms with E-state index < -0.39 is 5.54 Å². The highest BCUT2D eigenvalue weighted by atomic mass is 16.5. The van der Waals surface area contributed by atoms with Gasteiger partial charge in [-0.05, 0) is 48.6 Å². The Bertz CT molecular complexity index is 842. The van der Waals surface area contributed by atoms with Gasteiger partial charge in [-0.2, -0.15) is 0 Å². The Balaban J connectivity index is 1.68. The molecule has 4 rings (SSSR count). The Kier molecular flexibility index (Phi) is 4.60. The Morgan fingerprint density at radius 2 is 1.63 bits per heavy atom. The van der Waals surface area contributed by atoms with Gasteiger partial charge in [-0.3, -0.25) is 9.69 Å². The molecule has 0 bridgehead atoms.